The minimum atomic E-state index is 0.327. The molecule has 0 aliphatic carbocycles. The first kappa shape index (κ1) is 16.3. The first-order valence-corrected chi connectivity index (χ1v) is 7.56. The number of halogens is 1. The second-order valence-corrected chi connectivity index (χ2v) is 5.55. The summed E-state index contributed by atoms with van der Waals surface area (Å²) in [5.74, 6) is 1.50. The molecule has 2 nitrogen and oxygen atoms in total. The number of hydrogen-bond acceptors (Lipinski definition) is 2. The Labute approximate surface area is 122 Å². The van der Waals surface area contributed by atoms with Gasteiger partial charge in [0.25, 0.3) is 0 Å². The highest BCUT2D eigenvalue weighted by Gasteiger charge is 2.17. The van der Waals surface area contributed by atoms with E-state index in [2.05, 4.69) is 32.2 Å². The molecule has 1 aromatic carbocycles. The molecule has 0 heterocycles. The van der Waals surface area contributed by atoms with E-state index >= 15 is 0 Å². The van der Waals surface area contributed by atoms with Crippen LogP contribution in [-0.2, 0) is 0 Å². The van der Waals surface area contributed by atoms with Crippen molar-refractivity contribution in [2.75, 3.05) is 13.7 Å². The zero-order chi connectivity index (χ0) is 14.3. The second kappa shape index (κ2) is 8.44. The van der Waals surface area contributed by atoms with Crippen LogP contribution in [0.25, 0.3) is 0 Å². The average Bonchev–Trinajstić information content (AvgIpc) is 2.43. The highest BCUT2D eigenvalue weighted by molar-refractivity contribution is 6.31. The van der Waals surface area contributed by atoms with E-state index in [1.807, 2.05) is 12.1 Å². The molecule has 0 amide bonds. The molecule has 1 aromatic rings. The Hall–Kier alpha value is -0.730. The second-order valence-electron chi connectivity index (χ2n) is 5.14. The van der Waals surface area contributed by atoms with Gasteiger partial charge in [-0.3, -0.25) is 0 Å². The molecule has 0 saturated carbocycles. The molecule has 0 radical (unpaired) electrons. The molecule has 0 aliphatic heterocycles. The van der Waals surface area contributed by atoms with Gasteiger partial charge in [-0.15, -0.1) is 0 Å². The predicted molar refractivity (Wildman–Crippen MR) is 83.1 cm³/mol. The van der Waals surface area contributed by atoms with Gasteiger partial charge in [-0.1, -0.05) is 44.9 Å². The van der Waals surface area contributed by atoms with Crippen LogP contribution in [0.1, 0.15) is 51.6 Å². The maximum absolute atomic E-state index is 6.39. The van der Waals surface area contributed by atoms with Crippen LogP contribution in [0.15, 0.2) is 18.2 Å². The standard InChI is InChI=1S/C16H26ClNO/c1-5-9-18-16(10-12(3)6-2)14-8-7-13(19-4)11-15(14)17/h7-8,11-12,16,18H,5-6,9-10H2,1-4H3. The largest absolute Gasteiger partial charge is 0.497 e. The molecule has 2 unspecified atom stereocenters. The van der Waals surface area contributed by atoms with E-state index in [1.165, 1.54) is 12.0 Å². The van der Waals surface area contributed by atoms with Gasteiger partial charge in [-0.2, -0.15) is 0 Å². The minimum Gasteiger partial charge on any atom is -0.497 e. The molecule has 1 N–H and O–H groups in total. The fraction of sp³-hybridized carbons (Fsp3) is 0.625. The van der Waals surface area contributed by atoms with Crippen molar-refractivity contribution in [2.45, 2.75) is 46.1 Å². The summed E-state index contributed by atoms with van der Waals surface area (Å²) in [4.78, 5) is 0. The van der Waals surface area contributed by atoms with Crippen LogP contribution in [-0.4, -0.2) is 13.7 Å². The van der Waals surface area contributed by atoms with E-state index < -0.39 is 0 Å². The third-order valence-electron chi connectivity index (χ3n) is 3.56. The Balaban J connectivity index is 2.89. The maximum Gasteiger partial charge on any atom is 0.120 e. The average molecular weight is 284 g/mol. The van der Waals surface area contributed by atoms with Crippen LogP contribution in [0.5, 0.6) is 5.75 Å². The smallest absolute Gasteiger partial charge is 0.120 e. The van der Waals surface area contributed by atoms with Crippen LogP contribution in [0, 0.1) is 5.92 Å². The summed E-state index contributed by atoms with van der Waals surface area (Å²) in [6, 6.07) is 6.29. The normalized spacial score (nSPS) is 14.2. The fourth-order valence-corrected chi connectivity index (χ4v) is 2.43. The van der Waals surface area contributed by atoms with E-state index in [0.29, 0.717) is 12.0 Å². The van der Waals surface area contributed by atoms with Crippen LogP contribution < -0.4 is 10.1 Å². The van der Waals surface area contributed by atoms with Crippen molar-refractivity contribution in [1.82, 2.24) is 5.32 Å². The first-order chi connectivity index (χ1) is 9.12. The van der Waals surface area contributed by atoms with Crippen LogP contribution in [0.3, 0.4) is 0 Å². The highest BCUT2D eigenvalue weighted by Crippen LogP contribution is 2.31. The van der Waals surface area contributed by atoms with Gasteiger partial charge in [0, 0.05) is 11.1 Å². The third-order valence-corrected chi connectivity index (χ3v) is 3.89. The molecule has 2 atom stereocenters. The van der Waals surface area contributed by atoms with Crippen molar-refractivity contribution in [3.8, 4) is 5.75 Å². The summed E-state index contributed by atoms with van der Waals surface area (Å²) in [6.45, 7) is 7.72. The van der Waals surface area contributed by atoms with E-state index in [4.69, 9.17) is 16.3 Å². The van der Waals surface area contributed by atoms with Crippen molar-refractivity contribution < 1.29 is 4.74 Å². The van der Waals surface area contributed by atoms with E-state index in [9.17, 15) is 0 Å². The molecule has 0 saturated heterocycles. The van der Waals surface area contributed by atoms with E-state index in [-0.39, 0.29) is 0 Å². The number of rotatable bonds is 8. The number of hydrogen-bond donors (Lipinski definition) is 1. The molecule has 0 bridgehead atoms. The van der Waals surface area contributed by atoms with Gasteiger partial charge in [-0.25, -0.2) is 0 Å². The van der Waals surface area contributed by atoms with Gasteiger partial charge >= 0.3 is 0 Å². The van der Waals surface area contributed by atoms with Crippen molar-refractivity contribution in [2.24, 2.45) is 5.92 Å². The summed E-state index contributed by atoms with van der Waals surface area (Å²) in [5.41, 5.74) is 1.18. The predicted octanol–water partition coefficient (Wildman–Crippen LogP) is 4.83. The Morgan fingerprint density at radius 3 is 2.58 bits per heavy atom. The number of benzene rings is 1. The molecule has 0 fully saturated rings. The SMILES string of the molecule is CCCNC(CC(C)CC)c1ccc(OC)cc1Cl. The topological polar surface area (TPSA) is 21.3 Å². The van der Waals surface area contributed by atoms with Gasteiger partial charge in [0.1, 0.15) is 5.75 Å². The molecule has 1 rings (SSSR count). The van der Waals surface area contributed by atoms with Crippen LogP contribution in [0.4, 0.5) is 0 Å². The zero-order valence-electron chi connectivity index (χ0n) is 12.5. The summed E-state index contributed by atoms with van der Waals surface area (Å²) in [6.07, 6.45) is 3.44. The highest BCUT2D eigenvalue weighted by atomic mass is 35.5. The van der Waals surface area contributed by atoms with Gasteiger partial charge < -0.3 is 10.1 Å². The van der Waals surface area contributed by atoms with Gasteiger partial charge in [0.05, 0.1) is 7.11 Å². The maximum atomic E-state index is 6.39. The Bertz CT molecular complexity index is 381. The lowest BCUT2D eigenvalue weighted by atomic mass is 9.94. The summed E-state index contributed by atoms with van der Waals surface area (Å²) < 4.78 is 5.21. The Kier molecular flexibility index (Phi) is 7.25. The fourth-order valence-electron chi connectivity index (χ4n) is 2.13. The molecule has 3 heteroatoms. The molecule has 0 aromatic heterocycles. The van der Waals surface area contributed by atoms with Crippen molar-refractivity contribution in [3.63, 3.8) is 0 Å². The quantitative estimate of drug-likeness (QED) is 0.738. The molecule has 0 aliphatic rings. The first-order valence-electron chi connectivity index (χ1n) is 7.19. The van der Waals surface area contributed by atoms with Crippen molar-refractivity contribution in [1.29, 1.82) is 0 Å². The van der Waals surface area contributed by atoms with Crippen LogP contribution in [0.2, 0.25) is 5.02 Å². The number of ether oxygens (including phenoxy) is 1. The monoisotopic (exact) mass is 283 g/mol. The van der Waals surface area contributed by atoms with Gasteiger partial charge in [0.15, 0.2) is 0 Å². The molecule has 0 spiro atoms. The van der Waals surface area contributed by atoms with Gasteiger partial charge in [-0.05, 0) is 43.0 Å². The number of methoxy groups -OCH3 is 1. The molecule has 108 valence electrons. The van der Waals surface area contributed by atoms with Crippen LogP contribution >= 0.6 is 11.6 Å². The summed E-state index contributed by atoms with van der Waals surface area (Å²) in [7, 11) is 1.66. The summed E-state index contributed by atoms with van der Waals surface area (Å²) >= 11 is 6.39. The Morgan fingerprint density at radius 1 is 1.32 bits per heavy atom. The van der Waals surface area contributed by atoms with Crippen molar-refractivity contribution >= 4 is 11.6 Å². The summed E-state index contributed by atoms with van der Waals surface area (Å²) in [5, 5.41) is 4.39. The zero-order valence-corrected chi connectivity index (χ0v) is 13.3. The third kappa shape index (κ3) is 5.04. The number of nitrogens with one attached hydrogen (secondary N) is 1. The van der Waals surface area contributed by atoms with Crippen molar-refractivity contribution in [3.05, 3.63) is 28.8 Å². The lowest BCUT2D eigenvalue weighted by Crippen LogP contribution is -2.24. The van der Waals surface area contributed by atoms with E-state index in [0.717, 1.165) is 30.2 Å². The van der Waals surface area contributed by atoms with E-state index in [1.54, 1.807) is 7.11 Å². The molecular formula is C16H26ClNO. The minimum absolute atomic E-state index is 0.327. The van der Waals surface area contributed by atoms with Gasteiger partial charge in [0.2, 0.25) is 0 Å². The lowest BCUT2D eigenvalue weighted by molar-refractivity contribution is 0.399. The lowest BCUT2D eigenvalue weighted by Gasteiger charge is -2.23. The molecular weight excluding hydrogens is 258 g/mol. The Morgan fingerprint density at radius 2 is 2.05 bits per heavy atom. The molecule has 19 heavy (non-hydrogen) atoms.